The molecule has 2 heterocycles. The summed E-state index contributed by atoms with van der Waals surface area (Å²) in [6.07, 6.45) is 3.67. The number of hydrogen-bond donors (Lipinski definition) is 1. The van der Waals surface area contributed by atoms with Crippen LogP contribution in [0.3, 0.4) is 0 Å². The van der Waals surface area contributed by atoms with Crippen molar-refractivity contribution in [1.29, 1.82) is 0 Å². The van der Waals surface area contributed by atoms with Crippen molar-refractivity contribution in [1.82, 2.24) is 5.32 Å². The molecule has 1 fully saturated rings. The highest BCUT2D eigenvalue weighted by molar-refractivity contribution is 5.78. The predicted molar refractivity (Wildman–Crippen MR) is 74.9 cm³/mol. The number of nitrogens with one attached hydrogen (secondary N) is 1. The Morgan fingerprint density at radius 2 is 2.20 bits per heavy atom. The molecule has 3 rings (SSSR count). The van der Waals surface area contributed by atoms with Crippen LogP contribution >= 0.6 is 0 Å². The predicted octanol–water partition coefficient (Wildman–Crippen LogP) is 4.29. The summed E-state index contributed by atoms with van der Waals surface area (Å²) in [5.41, 5.74) is -1.01. The summed E-state index contributed by atoms with van der Waals surface area (Å²) < 4.78 is 33.6. The van der Waals surface area contributed by atoms with Crippen molar-refractivity contribution in [3.63, 3.8) is 0 Å². The molecule has 1 saturated heterocycles. The van der Waals surface area contributed by atoms with Gasteiger partial charge in [0.2, 0.25) is 0 Å². The van der Waals surface area contributed by atoms with Gasteiger partial charge >= 0.3 is 0 Å². The monoisotopic (exact) mass is 279 g/mol. The van der Waals surface area contributed by atoms with Gasteiger partial charge in [0.15, 0.2) is 5.67 Å². The number of alkyl halides is 1. The lowest BCUT2D eigenvalue weighted by Gasteiger charge is -2.28. The average molecular weight is 279 g/mol. The van der Waals surface area contributed by atoms with Gasteiger partial charge in [-0.05, 0) is 50.6 Å². The van der Waals surface area contributed by atoms with Crippen LogP contribution in [-0.2, 0) is 5.67 Å². The fraction of sp³-hybridized carbons (Fsp3) is 0.500. The molecule has 0 bridgehead atoms. The van der Waals surface area contributed by atoms with E-state index in [0.717, 1.165) is 25.8 Å². The van der Waals surface area contributed by atoms with Crippen molar-refractivity contribution >= 4 is 11.0 Å². The third-order valence-electron chi connectivity index (χ3n) is 4.03. The zero-order chi connectivity index (χ0) is 14.2. The molecule has 108 valence electrons. The smallest absolute Gasteiger partial charge is 0.166 e. The van der Waals surface area contributed by atoms with Gasteiger partial charge in [-0.3, -0.25) is 0 Å². The second kappa shape index (κ2) is 5.17. The van der Waals surface area contributed by atoms with E-state index in [2.05, 4.69) is 5.32 Å². The standard InChI is InChI=1S/C16H19F2NO/c1-16(18,10-13-4-2-3-7-19-13)15-9-11-8-12(17)5-6-14(11)20-15/h5-6,8-9,13,19H,2-4,7,10H2,1H3. The van der Waals surface area contributed by atoms with Crippen molar-refractivity contribution in [3.8, 4) is 0 Å². The summed E-state index contributed by atoms with van der Waals surface area (Å²) in [5.74, 6) is -0.0511. The van der Waals surface area contributed by atoms with Crippen LogP contribution in [0.4, 0.5) is 8.78 Å². The normalized spacial score (nSPS) is 22.9. The minimum atomic E-state index is -1.54. The molecule has 0 saturated carbocycles. The Bertz CT molecular complexity index is 600. The second-order valence-corrected chi connectivity index (χ2v) is 5.84. The van der Waals surface area contributed by atoms with Gasteiger partial charge in [-0.25, -0.2) is 8.78 Å². The van der Waals surface area contributed by atoms with E-state index in [1.807, 2.05) is 0 Å². The number of furan rings is 1. The molecule has 2 atom stereocenters. The van der Waals surface area contributed by atoms with Crippen molar-refractivity contribution in [3.05, 3.63) is 35.8 Å². The lowest BCUT2D eigenvalue weighted by molar-refractivity contribution is 0.119. The Hall–Kier alpha value is -1.42. The lowest BCUT2D eigenvalue weighted by Crippen LogP contribution is -2.38. The van der Waals surface area contributed by atoms with Crippen molar-refractivity contribution < 1.29 is 13.2 Å². The Morgan fingerprint density at radius 3 is 2.95 bits per heavy atom. The van der Waals surface area contributed by atoms with Gasteiger partial charge in [-0.2, -0.15) is 0 Å². The molecule has 1 aliphatic heterocycles. The van der Waals surface area contributed by atoms with Crippen LogP contribution in [0.5, 0.6) is 0 Å². The molecule has 1 aromatic carbocycles. The van der Waals surface area contributed by atoms with Crippen molar-refractivity contribution in [2.75, 3.05) is 6.54 Å². The number of fused-ring (bicyclic) bond motifs is 1. The third kappa shape index (κ3) is 2.70. The first-order valence-electron chi connectivity index (χ1n) is 7.16. The Morgan fingerprint density at radius 1 is 1.35 bits per heavy atom. The van der Waals surface area contributed by atoms with Crippen LogP contribution < -0.4 is 5.32 Å². The number of hydrogen-bond acceptors (Lipinski definition) is 2. The Balaban J connectivity index is 1.83. The molecular weight excluding hydrogens is 260 g/mol. The number of benzene rings is 1. The van der Waals surface area contributed by atoms with Crippen LogP contribution in [0.2, 0.25) is 0 Å². The first kappa shape index (κ1) is 13.6. The van der Waals surface area contributed by atoms with Gasteiger partial charge in [-0.15, -0.1) is 0 Å². The molecule has 0 radical (unpaired) electrons. The molecule has 2 nitrogen and oxygen atoms in total. The zero-order valence-corrected chi connectivity index (χ0v) is 11.6. The molecule has 2 unspecified atom stereocenters. The van der Waals surface area contributed by atoms with Gasteiger partial charge in [0.05, 0.1) is 0 Å². The summed E-state index contributed by atoms with van der Waals surface area (Å²) in [7, 11) is 0. The molecule has 20 heavy (non-hydrogen) atoms. The fourth-order valence-corrected chi connectivity index (χ4v) is 2.93. The largest absolute Gasteiger partial charge is 0.458 e. The van der Waals surface area contributed by atoms with Crippen LogP contribution in [0.15, 0.2) is 28.7 Å². The van der Waals surface area contributed by atoms with E-state index in [4.69, 9.17) is 4.42 Å². The minimum absolute atomic E-state index is 0.184. The van der Waals surface area contributed by atoms with E-state index < -0.39 is 5.67 Å². The molecule has 1 N–H and O–H groups in total. The molecule has 1 aliphatic rings. The molecule has 0 amide bonds. The van der Waals surface area contributed by atoms with Gasteiger partial charge in [0.25, 0.3) is 0 Å². The highest BCUT2D eigenvalue weighted by Crippen LogP contribution is 2.36. The van der Waals surface area contributed by atoms with Crippen LogP contribution in [0, 0.1) is 5.82 Å². The van der Waals surface area contributed by atoms with Crippen molar-refractivity contribution in [2.24, 2.45) is 0 Å². The van der Waals surface area contributed by atoms with Gasteiger partial charge in [-0.1, -0.05) is 6.42 Å². The molecule has 0 spiro atoms. The third-order valence-corrected chi connectivity index (χ3v) is 4.03. The first-order chi connectivity index (χ1) is 9.54. The van der Waals surface area contributed by atoms with Gasteiger partial charge in [0, 0.05) is 17.8 Å². The SMILES string of the molecule is CC(F)(CC1CCCCN1)c1cc2cc(F)ccc2o1. The maximum absolute atomic E-state index is 14.9. The van der Waals surface area contributed by atoms with E-state index in [9.17, 15) is 8.78 Å². The number of halogens is 2. The van der Waals surface area contributed by atoms with E-state index in [1.165, 1.54) is 19.1 Å². The van der Waals surface area contributed by atoms with Crippen LogP contribution in [0.25, 0.3) is 11.0 Å². The first-order valence-corrected chi connectivity index (χ1v) is 7.16. The number of piperidine rings is 1. The van der Waals surface area contributed by atoms with Crippen molar-refractivity contribution in [2.45, 2.75) is 44.3 Å². The lowest BCUT2D eigenvalue weighted by atomic mass is 9.91. The molecule has 0 aliphatic carbocycles. The summed E-state index contributed by atoms with van der Waals surface area (Å²) in [4.78, 5) is 0. The van der Waals surface area contributed by atoms with Gasteiger partial charge < -0.3 is 9.73 Å². The number of rotatable bonds is 3. The maximum Gasteiger partial charge on any atom is 0.166 e. The highest BCUT2D eigenvalue weighted by atomic mass is 19.1. The minimum Gasteiger partial charge on any atom is -0.458 e. The fourth-order valence-electron chi connectivity index (χ4n) is 2.93. The molecule has 1 aromatic heterocycles. The maximum atomic E-state index is 14.9. The topological polar surface area (TPSA) is 25.2 Å². The molecule has 4 heteroatoms. The highest BCUT2D eigenvalue weighted by Gasteiger charge is 2.33. The Labute approximate surface area is 117 Å². The summed E-state index contributed by atoms with van der Waals surface area (Å²) in [6, 6.07) is 6.04. The summed E-state index contributed by atoms with van der Waals surface area (Å²) >= 11 is 0. The van der Waals surface area contributed by atoms with Crippen LogP contribution in [-0.4, -0.2) is 12.6 Å². The summed E-state index contributed by atoms with van der Waals surface area (Å²) in [5, 5.41) is 3.96. The Kier molecular flexibility index (Phi) is 3.50. The molecular formula is C16H19F2NO. The second-order valence-electron chi connectivity index (χ2n) is 5.84. The van der Waals surface area contributed by atoms with E-state index >= 15 is 0 Å². The van der Waals surface area contributed by atoms with E-state index in [-0.39, 0.29) is 17.6 Å². The summed E-state index contributed by atoms with van der Waals surface area (Å²) in [6.45, 7) is 2.49. The average Bonchev–Trinajstić information content (AvgIpc) is 2.83. The van der Waals surface area contributed by atoms with Crippen LogP contribution in [0.1, 0.15) is 38.4 Å². The van der Waals surface area contributed by atoms with E-state index in [1.54, 1.807) is 12.1 Å². The molecule has 2 aromatic rings. The quantitative estimate of drug-likeness (QED) is 0.906. The van der Waals surface area contributed by atoms with Gasteiger partial charge in [0.1, 0.15) is 17.2 Å². The van der Waals surface area contributed by atoms with E-state index in [0.29, 0.717) is 17.4 Å². The zero-order valence-electron chi connectivity index (χ0n) is 11.6.